The lowest BCUT2D eigenvalue weighted by Gasteiger charge is -2.08. The second-order valence-corrected chi connectivity index (χ2v) is 4.57. The van der Waals surface area contributed by atoms with E-state index in [1.807, 2.05) is 24.3 Å². The standard InChI is InChI=1S/C14H17N5O2/c1-2-3-10-4-6-11(7-5-10)16-13-8-12(19(20)21)9-14(17-13)18-15/h4-9H,2-3,15H2,1H3,(H2,16,17,18). The molecule has 0 spiro atoms. The van der Waals surface area contributed by atoms with Crippen LogP contribution in [0.4, 0.5) is 23.0 Å². The maximum absolute atomic E-state index is 10.9. The van der Waals surface area contributed by atoms with Gasteiger partial charge in [-0.2, -0.15) is 0 Å². The number of anilines is 3. The Hall–Kier alpha value is -2.67. The highest BCUT2D eigenvalue weighted by atomic mass is 16.6. The number of hydrogen-bond donors (Lipinski definition) is 3. The van der Waals surface area contributed by atoms with E-state index in [2.05, 4.69) is 22.7 Å². The van der Waals surface area contributed by atoms with Crippen LogP contribution in [0.1, 0.15) is 18.9 Å². The molecule has 0 bridgehead atoms. The number of pyridine rings is 1. The van der Waals surface area contributed by atoms with Crippen LogP contribution in [0.5, 0.6) is 0 Å². The third-order valence-electron chi connectivity index (χ3n) is 2.93. The number of nitrogens with two attached hydrogens (primary N) is 1. The summed E-state index contributed by atoms with van der Waals surface area (Å²) in [6.07, 6.45) is 2.11. The summed E-state index contributed by atoms with van der Waals surface area (Å²) in [6, 6.07) is 10.5. The van der Waals surface area contributed by atoms with E-state index in [0.717, 1.165) is 18.5 Å². The number of aromatic nitrogens is 1. The lowest BCUT2D eigenvalue weighted by Crippen LogP contribution is -2.10. The van der Waals surface area contributed by atoms with Gasteiger partial charge in [0.15, 0.2) is 0 Å². The molecule has 2 aromatic rings. The van der Waals surface area contributed by atoms with Crippen LogP contribution in [0.25, 0.3) is 0 Å². The second kappa shape index (κ2) is 6.67. The average molecular weight is 287 g/mol. The van der Waals surface area contributed by atoms with Crippen LogP contribution < -0.4 is 16.6 Å². The maximum atomic E-state index is 10.9. The molecule has 0 aliphatic heterocycles. The maximum Gasteiger partial charge on any atom is 0.276 e. The molecule has 0 atom stereocenters. The summed E-state index contributed by atoms with van der Waals surface area (Å²) in [7, 11) is 0. The highest BCUT2D eigenvalue weighted by Crippen LogP contribution is 2.23. The van der Waals surface area contributed by atoms with E-state index >= 15 is 0 Å². The molecule has 1 aromatic carbocycles. The van der Waals surface area contributed by atoms with Gasteiger partial charge in [0.1, 0.15) is 11.6 Å². The molecular weight excluding hydrogens is 270 g/mol. The van der Waals surface area contributed by atoms with Gasteiger partial charge in [-0.1, -0.05) is 25.5 Å². The lowest BCUT2D eigenvalue weighted by atomic mass is 10.1. The van der Waals surface area contributed by atoms with Crippen molar-refractivity contribution in [2.45, 2.75) is 19.8 Å². The van der Waals surface area contributed by atoms with Crippen molar-refractivity contribution in [3.05, 3.63) is 52.1 Å². The average Bonchev–Trinajstić information content (AvgIpc) is 2.49. The molecule has 0 amide bonds. The van der Waals surface area contributed by atoms with Gasteiger partial charge in [-0.05, 0) is 24.1 Å². The Balaban J connectivity index is 2.21. The molecule has 2 rings (SSSR count). The number of hydrazine groups is 1. The van der Waals surface area contributed by atoms with E-state index in [0.29, 0.717) is 5.82 Å². The zero-order chi connectivity index (χ0) is 15.2. The summed E-state index contributed by atoms with van der Waals surface area (Å²) in [5.41, 5.74) is 4.30. The Kier molecular flexibility index (Phi) is 4.68. The number of nitrogen functional groups attached to an aromatic ring is 1. The van der Waals surface area contributed by atoms with Crippen molar-refractivity contribution < 1.29 is 4.92 Å². The molecule has 0 saturated carbocycles. The smallest absolute Gasteiger partial charge is 0.276 e. The first-order valence-electron chi connectivity index (χ1n) is 6.61. The second-order valence-electron chi connectivity index (χ2n) is 4.57. The summed E-state index contributed by atoms with van der Waals surface area (Å²) in [5, 5.41) is 13.9. The van der Waals surface area contributed by atoms with Gasteiger partial charge in [-0.25, -0.2) is 10.8 Å². The largest absolute Gasteiger partial charge is 0.340 e. The van der Waals surface area contributed by atoms with Gasteiger partial charge >= 0.3 is 0 Å². The van der Waals surface area contributed by atoms with Gasteiger partial charge in [-0.3, -0.25) is 10.1 Å². The predicted octanol–water partition coefficient (Wildman–Crippen LogP) is 2.97. The van der Waals surface area contributed by atoms with Crippen molar-refractivity contribution in [2.75, 3.05) is 10.7 Å². The third kappa shape index (κ3) is 3.90. The molecule has 110 valence electrons. The zero-order valence-electron chi connectivity index (χ0n) is 11.7. The Labute approximate surface area is 122 Å². The first kappa shape index (κ1) is 14.7. The lowest BCUT2D eigenvalue weighted by molar-refractivity contribution is -0.384. The highest BCUT2D eigenvalue weighted by Gasteiger charge is 2.11. The summed E-state index contributed by atoms with van der Waals surface area (Å²) in [5.74, 6) is 5.86. The molecular formula is C14H17N5O2. The third-order valence-corrected chi connectivity index (χ3v) is 2.93. The summed E-state index contributed by atoms with van der Waals surface area (Å²) >= 11 is 0. The Morgan fingerprint density at radius 1 is 1.24 bits per heavy atom. The van der Waals surface area contributed by atoms with Gasteiger partial charge < -0.3 is 10.7 Å². The molecule has 21 heavy (non-hydrogen) atoms. The predicted molar refractivity (Wildman–Crippen MR) is 82.4 cm³/mol. The van der Waals surface area contributed by atoms with Crippen molar-refractivity contribution in [3.8, 4) is 0 Å². The van der Waals surface area contributed by atoms with E-state index in [1.165, 1.54) is 17.7 Å². The number of nitrogens with one attached hydrogen (secondary N) is 2. The van der Waals surface area contributed by atoms with Crippen LogP contribution in [0.15, 0.2) is 36.4 Å². The fourth-order valence-electron chi connectivity index (χ4n) is 1.95. The normalized spacial score (nSPS) is 10.2. The van der Waals surface area contributed by atoms with Gasteiger partial charge in [-0.15, -0.1) is 0 Å². The fourth-order valence-corrected chi connectivity index (χ4v) is 1.95. The Bertz CT molecular complexity index is 628. The molecule has 7 heteroatoms. The Morgan fingerprint density at radius 3 is 2.48 bits per heavy atom. The topological polar surface area (TPSA) is 106 Å². The number of nitrogens with zero attached hydrogens (tertiary/aromatic N) is 2. The van der Waals surface area contributed by atoms with Gasteiger partial charge in [0, 0.05) is 5.69 Å². The quantitative estimate of drug-likeness (QED) is 0.428. The SMILES string of the molecule is CCCc1ccc(Nc2cc([N+](=O)[O-])cc(NN)n2)cc1. The molecule has 1 heterocycles. The van der Waals surface area contributed by atoms with Crippen LogP contribution in [-0.4, -0.2) is 9.91 Å². The van der Waals surface area contributed by atoms with Crippen molar-refractivity contribution in [1.29, 1.82) is 0 Å². The molecule has 1 aromatic heterocycles. The van der Waals surface area contributed by atoms with Crippen LogP contribution in [0.2, 0.25) is 0 Å². The van der Waals surface area contributed by atoms with E-state index < -0.39 is 4.92 Å². The van der Waals surface area contributed by atoms with Crippen molar-refractivity contribution >= 4 is 23.0 Å². The van der Waals surface area contributed by atoms with E-state index in [1.54, 1.807) is 0 Å². The summed E-state index contributed by atoms with van der Waals surface area (Å²) < 4.78 is 0. The fraction of sp³-hybridized carbons (Fsp3) is 0.214. The minimum Gasteiger partial charge on any atom is -0.340 e. The first-order valence-corrected chi connectivity index (χ1v) is 6.61. The van der Waals surface area contributed by atoms with Gasteiger partial charge in [0.05, 0.1) is 17.1 Å². The number of rotatable bonds is 6. The van der Waals surface area contributed by atoms with E-state index in [9.17, 15) is 10.1 Å². The zero-order valence-corrected chi connectivity index (χ0v) is 11.7. The molecule has 0 saturated heterocycles. The monoisotopic (exact) mass is 287 g/mol. The van der Waals surface area contributed by atoms with E-state index in [4.69, 9.17) is 5.84 Å². The van der Waals surface area contributed by atoms with Crippen LogP contribution in [0, 0.1) is 10.1 Å². The van der Waals surface area contributed by atoms with Crippen molar-refractivity contribution in [3.63, 3.8) is 0 Å². The summed E-state index contributed by atoms with van der Waals surface area (Å²) in [6.45, 7) is 2.13. The molecule has 0 aliphatic carbocycles. The Morgan fingerprint density at radius 2 is 1.90 bits per heavy atom. The van der Waals surface area contributed by atoms with Crippen LogP contribution in [-0.2, 0) is 6.42 Å². The first-order chi connectivity index (χ1) is 10.1. The van der Waals surface area contributed by atoms with Crippen molar-refractivity contribution in [2.24, 2.45) is 5.84 Å². The molecule has 0 unspecified atom stereocenters. The molecule has 4 N–H and O–H groups in total. The molecule has 7 nitrogen and oxygen atoms in total. The molecule has 0 radical (unpaired) electrons. The number of nitro groups is 1. The van der Waals surface area contributed by atoms with E-state index in [-0.39, 0.29) is 11.5 Å². The van der Waals surface area contributed by atoms with Gasteiger partial charge in [0.2, 0.25) is 0 Å². The minimum atomic E-state index is -0.488. The highest BCUT2D eigenvalue weighted by molar-refractivity contribution is 5.62. The number of benzene rings is 1. The minimum absolute atomic E-state index is 0.0805. The number of aryl methyl sites for hydroxylation is 1. The van der Waals surface area contributed by atoms with Crippen LogP contribution in [0.3, 0.4) is 0 Å². The molecule has 0 fully saturated rings. The molecule has 0 aliphatic rings. The number of hydrogen-bond acceptors (Lipinski definition) is 6. The van der Waals surface area contributed by atoms with Crippen molar-refractivity contribution in [1.82, 2.24) is 4.98 Å². The van der Waals surface area contributed by atoms with Crippen LogP contribution >= 0.6 is 0 Å². The summed E-state index contributed by atoms with van der Waals surface area (Å²) in [4.78, 5) is 14.5. The van der Waals surface area contributed by atoms with Gasteiger partial charge in [0.25, 0.3) is 5.69 Å².